The summed E-state index contributed by atoms with van der Waals surface area (Å²) in [5, 5.41) is 14.4. The number of rotatable bonds is 3. The highest BCUT2D eigenvalue weighted by Gasteiger charge is 2.15. The van der Waals surface area contributed by atoms with E-state index in [9.17, 15) is 5.02 Å². The molecule has 0 aliphatic heterocycles. The van der Waals surface area contributed by atoms with Crippen LogP contribution in [0, 0.1) is 0 Å². The Labute approximate surface area is 196 Å². The van der Waals surface area contributed by atoms with Crippen molar-refractivity contribution in [3.05, 3.63) is 109 Å². The summed E-state index contributed by atoms with van der Waals surface area (Å²) in [5.74, 6) is 0. The van der Waals surface area contributed by atoms with Crippen LogP contribution in [-0.4, -0.2) is 17.1 Å². The van der Waals surface area contributed by atoms with E-state index in [-0.39, 0.29) is 7.48 Å². The quantitative estimate of drug-likeness (QED) is 0.329. The maximum Gasteiger partial charge on any atom is 0.308 e. The molecule has 0 aliphatic carbocycles. The van der Waals surface area contributed by atoms with Gasteiger partial charge in [0.05, 0.1) is 11.0 Å². The van der Waals surface area contributed by atoms with Crippen molar-refractivity contribution in [3.63, 3.8) is 0 Å². The largest absolute Gasteiger partial charge is 0.456 e. The van der Waals surface area contributed by atoms with Crippen LogP contribution in [0.4, 0.5) is 0 Å². The Bertz CT molecular complexity index is 1790. The summed E-state index contributed by atoms with van der Waals surface area (Å²) in [6.45, 7) is 0. The van der Waals surface area contributed by atoms with E-state index in [0.29, 0.717) is 0 Å². The Morgan fingerprint density at radius 2 is 1.15 bits per heavy atom. The molecule has 7 rings (SSSR count). The zero-order chi connectivity index (χ0) is 22.6. The van der Waals surface area contributed by atoms with E-state index < -0.39 is 0 Å². The van der Waals surface area contributed by atoms with E-state index >= 15 is 0 Å². The fourth-order valence-electron chi connectivity index (χ4n) is 5.22. The first-order valence-corrected chi connectivity index (χ1v) is 11.5. The van der Waals surface area contributed by atoms with Crippen LogP contribution in [-0.2, 0) is 0 Å². The molecule has 0 bridgehead atoms. The summed E-state index contributed by atoms with van der Waals surface area (Å²) in [4.78, 5) is 0. The molecule has 2 aromatic heterocycles. The number of nitrogens with zero attached hydrogens (tertiary/aromatic N) is 1. The van der Waals surface area contributed by atoms with Gasteiger partial charge in [0.15, 0.2) is 0 Å². The fraction of sp³-hybridized carbons (Fsp3) is 0. The number of hydrogen-bond donors (Lipinski definition) is 1. The van der Waals surface area contributed by atoms with E-state index in [0.717, 1.165) is 44.2 Å². The number of fused-ring (bicyclic) bond motifs is 6. The number of aromatic nitrogens is 1. The topological polar surface area (TPSA) is 38.3 Å². The lowest BCUT2D eigenvalue weighted by Crippen LogP contribution is -2.12. The highest BCUT2D eigenvalue weighted by molar-refractivity contribution is 6.50. The number of benzene rings is 5. The molecule has 34 heavy (non-hydrogen) atoms. The van der Waals surface area contributed by atoms with Gasteiger partial charge in [-0.25, -0.2) is 0 Å². The van der Waals surface area contributed by atoms with Gasteiger partial charge in [0.1, 0.15) is 11.2 Å². The summed E-state index contributed by atoms with van der Waals surface area (Å²) in [5.41, 5.74) is 8.09. The van der Waals surface area contributed by atoms with Crippen molar-refractivity contribution in [1.82, 2.24) is 4.57 Å². The minimum Gasteiger partial charge on any atom is -0.456 e. The second-order valence-corrected chi connectivity index (χ2v) is 8.65. The first-order chi connectivity index (χ1) is 16.8. The average Bonchev–Trinajstić information content (AvgIpc) is 3.45. The SMILES string of the molecule is OBc1cccc2c1oc1c(-c3ccc(-n4c5ccccc5c5ccccc54)cc3)cccc12. The lowest BCUT2D eigenvalue weighted by Gasteiger charge is -2.09. The molecular weight excluding hydrogens is 417 g/mol. The predicted octanol–water partition coefficient (Wildman–Crippen LogP) is 6.32. The van der Waals surface area contributed by atoms with Crippen LogP contribution in [0.1, 0.15) is 0 Å². The normalized spacial score (nSPS) is 11.7. The molecule has 0 aliphatic rings. The first-order valence-electron chi connectivity index (χ1n) is 11.5. The van der Waals surface area contributed by atoms with Crippen molar-refractivity contribution in [2.75, 3.05) is 0 Å². The highest BCUT2D eigenvalue weighted by Crippen LogP contribution is 2.36. The molecule has 3 nitrogen and oxygen atoms in total. The van der Waals surface area contributed by atoms with Crippen LogP contribution in [0.25, 0.3) is 60.6 Å². The summed E-state index contributed by atoms with van der Waals surface area (Å²) >= 11 is 0. The van der Waals surface area contributed by atoms with Crippen molar-refractivity contribution in [3.8, 4) is 16.8 Å². The molecule has 0 spiro atoms. The Kier molecular flexibility index (Phi) is 4.17. The average molecular weight is 437 g/mol. The molecule has 2 heterocycles. The van der Waals surface area contributed by atoms with Crippen molar-refractivity contribution in [2.45, 2.75) is 0 Å². The molecule has 4 heteroatoms. The van der Waals surface area contributed by atoms with Gasteiger partial charge in [0.25, 0.3) is 0 Å². The van der Waals surface area contributed by atoms with Crippen LogP contribution in [0.2, 0.25) is 0 Å². The lowest BCUT2D eigenvalue weighted by atomic mass is 9.87. The molecule has 0 fully saturated rings. The molecule has 0 saturated heterocycles. The van der Waals surface area contributed by atoms with Gasteiger partial charge in [-0.2, -0.15) is 0 Å². The minimum absolute atomic E-state index is 0.0417. The standard InChI is InChI=1S/C30H20BNO2/c33-31-26-12-6-11-25-24-10-5-9-21(29(24)34-30(25)26)19-15-17-20(18-16-19)32-27-13-3-1-7-22(27)23-8-2-4-14-28(23)32/h1-18,31,33H. The molecule has 0 saturated carbocycles. The van der Waals surface area contributed by atoms with Crippen LogP contribution in [0.5, 0.6) is 0 Å². The Balaban J connectivity index is 1.41. The van der Waals surface area contributed by atoms with Crippen molar-refractivity contribution in [2.24, 2.45) is 0 Å². The Morgan fingerprint density at radius 1 is 0.559 bits per heavy atom. The molecule has 160 valence electrons. The smallest absolute Gasteiger partial charge is 0.308 e. The first kappa shape index (κ1) is 19.2. The van der Waals surface area contributed by atoms with Crippen LogP contribution in [0.3, 0.4) is 0 Å². The molecule has 1 N–H and O–H groups in total. The summed E-state index contributed by atoms with van der Waals surface area (Å²) in [7, 11) is -0.0417. The molecule has 0 atom stereocenters. The summed E-state index contributed by atoms with van der Waals surface area (Å²) in [6.07, 6.45) is 0. The zero-order valence-corrected chi connectivity index (χ0v) is 18.4. The zero-order valence-electron chi connectivity index (χ0n) is 18.4. The fourth-order valence-corrected chi connectivity index (χ4v) is 5.22. The van der Waals surface area contributed by atoms with Crippen molar-refractivity contribution < 1.29 is 9.44 Å². The van der Waals surface area contributed by atoms with Gasteiger partial charge in [-0.3, -0.25) is 0 Å². The third-order valence-electron chi connectivity index (χ3n) is 6.79. The summed E-state index contributed by atoms with van der Waals surface area (Å²) < 4.78 is 8.64. The van der Waals surface area contributed by atoms with Crippen LogP contribution in [0.15, 0.2) is 114 Å². The van der Waals surface area contributed by atoms with Gasteiger partial charge in [-0.15, -0.1) is 0 Å². The van der Waals surface area contributed by atoms with Gasteiger partial charge in [0, 0.05) is 32.8 Å². The van der Waals surface area contributed by atoms with E-state index in [2.05, 4.69) is 102 Å². The molecule has 0 unspecified atom stereocenters. The Hall–Kier alpha value is -4.28. The predicted molar refractivity (Wildman–Crippen MR) is 142 cm³/mol. The van der Waals surface area contributed by atoms with Crippen molar-refractivity contribution >= 4 is 56.7 Å². The monoisotopic (exact) mass is 437 g/mol. The Morgan fingerprint density at radius 3 is 1.82 bits per heavy atom. The van der Waals surface area contributed by atoms with E-state index in [1.807, 2.05) is 12.1 Å². The number of hydrogen-bond acceptors (Lipinski definition) is 2. The molecule has 5 aromatic carbocycles. The molecule has 0 radical (unpaired) electrons. The van der Waals surface area contributed by atoms with Gasteiger partial charge in [-0.05, 0) is 35.3 Å². The molecular formula is C30H20BNO2. The van der Waals surface area contributed by atoms with Crippen molar-refractivity contribution in [1.29, 1.82) is 0 Å². The lowest BCUT2D eigenvalue weighted by molar-refractivity contribution is 0.613. The van der Waals surface area contributed by atoms with Crippen LogP contribution < -0.4 is 5.46 Å². The van der Waals surface area contributed by atoms with Crippen LogP contribution >= 0.6 is 0 Å². The molecule has 0 amide bonds. The maximum absolute atomic E-state index is 9.76. The van der Waals surface area contributed by atoms with Gasteiger partial charge >= 0.3 is 7.48 Å². The minimum atomic E-state index is -0.0417. The number of para-hydroxylation sites is 4. The third-order valence-corrected chi connectivity index (χ3v) is 6.79. The van der Waals surface area contributed by atoms with Gasteiger partial charge in [0.2, 0.25) is 0 Å². The van der Waals surface area contributed by atoms with E-state index in [1.165, 1.54) is 21.8 Å². The van der Waals surface area contributed by atoms with E-state index in [4.69, 9.17) is 4.42 Å². The third kappa shape index (κ3) is 2.69. The second kappa shape index (κ2) is 7.37. The number of furan rings is 1. The van der Waals surface area contributed by atoms with E-state index in [1.54, 1.807) is 0 Å². The summed E-state index contributed by atoms with van der Waals surface area (Å²) in [6, 6.07) is 37.9. The molecule has 7 aromatic rings. The maximum atomic E-state index is 9.76. The van der Waals surface area contributed by atoms with Gasteiger partial charge in [-0.1, -0.05) is 84.9 Å². The second-order valence-electron chi connectivity index (χ2n) is 8.65. The highest BCUT2D eigenvalue weighted by atomic mass is 16.3. The van der Waals surface area contributed by atoms with Gasteiger partial charge < -0.3 is 14.0 Å².